The number of hydrogen-bond acceptors (Lipinski definition) is 3. The third kappa shape index (κ3) is 2.75. The Morgan fingerprint density at radius 3 is 2.94 bits per heavy atom. The van der Waals surface area contributed by atoms with Gasteiger partial charge in [-0.3, -0.25) is 4.79 Å². The van der Waals surface area contributed by atoms with Gasteiger partial charge in [0.1, 0.15) is 5.76 Å². The Labute approximate surface area is 108 Å². The highest BCUT2D eigenvalue weighted by Gasteiger charge is 2.37. The van der Waals surface area contributed by atoms with Gasteiger partial charge >= 0.3 is 0 Å². The lowest BCUT2D eigenvalue weighted by atomic mass is 9.89. The van der Waals surface area contributed by atoms with Crippen LogP contribution in [0, 0.1) is 0 Å². The van der Waals surface area contributed by atoms with Crippen molar-refractivity contribution in [3.63, 3.8) is 0 Å². The van der Waals surface area contributed by atoms with E-state index in [9.17, 15) is 4.79 Å². The number of carbonyl (C=O) groups excluding carboxylic acids is 1. The van der Waals surface area contributed by atoms with Crippen molar-refractivity contribution in [3.8, 4) is 0 Å². The summed E-state index contributed by atoms with van der Waals surface area (Å²) in [7, 11) is 0. The Morgan fingerprint density at radius 2 is 2.39 bits per heavy atom. The molecule has 1 fully saturated rings. The zero-order valence-corrected chi connectivity index (χ0v) is 11.2. The normalized spacial score (nSPS) is 23.9. The molecule has 0 aromatic carbocycles. The Kier molecular flexibility index (Phi) is 4.07. The van der Waals surface area contributed by atoms with Crippen LogP contribution in [0.25, 0.3) is 0 Å². The first-order valence-electron chi connectivity index (χ1n) is 6.72. The highest BCUT2D eigenvalue weighted by Crippen LogP contribution is 2.22. The summed E-state index contributed by atoms with van der Waals surface area (Å²) in [6, 6.07) is 3.76. The predicted molar refractivity (Wildman–Crippen MR) is 70.1 cm³/mol. The van der Waals surface area contributed by atoms with Crippen molar-refractivity contribution in [2.45, 2.75) is 45.2 Å². The average Bonchev–Trinajstić information content (AvgIpc) is 2.89. The van der Waals surface area contributed by atoms with Crippen molar-refractivity contribution in [1.82, 2.24) is 10.2 Å². The molecule has 0 bridgehead atoms. The quantitative estimate of drug-likeness (QED) is 0.890. The molecule has 0 radical (unpaired) electrons. The Balaban J connectivity index is 2.04. The van der Waals surface area contributed by atoms with Crippen LogP contribution in [0.15, 0.2) is 22.8 Å². The van der Waals surface area contributed by atoms with Crippen LogP contribution >= 0.6 is 0 Å². The van der Waals surface area contributed by atoms with Crippen molar-refractivity contribution in [1.29, 1.82) is 0 Å². The molecule has 0 aliphatic carbocycles. The van der Waals surface area contributed by atoms with Gasteiger partial charge in [-0.2, -0.15) is 0 Å². The smallest absolute Gasteiger partial charge is 0.242 e. The maximum absolute atomic E-state index is 12.6. The molecule has 18 heavy (non-hydrogen) atoms. The van der Waals surface area contributed by atoms with E-state index in [1.807, 2.05) is 30.9 Å². The second-order valence-electron chi connectivity index (χ2n) is 5.11. The number of likely N-dealkylation sites (N-methyl/N-ethyl adjacent to an activating group) is 1. The first kappa shape index (κ1) is 13.1. The summed E-state index contributed by atoms with van der Waals surface area (Å²) in [5, 5.41) is 3.37. The van der Waals surface area contributed by atoms with Crippen LogP contribution in [-0.2, 0) is 11.3 Å². The maximum Gasteiger partial charge on any atom is 0.242 e. The lowest BCUT2D eigenvalue weighted by molar-refractivity contribution is -0.139. The number of amides is 1. The van der Waals surface area contributed by atoms with E-state index in [1.54, 1.807) is 6.26 Å². The molecule has 1 amide bonds. The van der Waals surface area contributed by atoms with Gasteiger partial charge in [-0.25, -0.2) is 0 Å². The van der Waals surface area contributed by atoms with E-state index in [4.69, 9.17) is 4.42 Å². The van der Waals surface area contributed by atoms with Crippen molar-refractivity contribution in [3.05, 3.63) is 24.2 Å². The van der Waals surface area contributed by atoms with Crippen molar-refractivity contribution < 1.29 is 9.21 Å². The number of piperidine rings is 1. The second-order valence-corrected chi connectivity index (χ2v) is 5.11. The fourth-order valence-corrected chi connectivity index (χ4v) is 2.51. The molecular formula is C14H22N2O2. The van der Waals surface area contributed by atoms with Gasteiger partial charge in [0, 0.05) is 6.54 Å². The molecule has 1 aliphatic rings. The molecule has 1 N–H and O–H groups in total. The minimum atomic E-state index is -0.402. The molecule has 1 aliphatic heterocycles. The Hall–Kier alpha value is -1.29. The summed E-state index contributed by atoms with van der Waals surface area (Å²) in [6.45, 7) is 6.21. The van der Waals surface area contributed by atoms with E-state index in [0.717, 1.165) is 31.6 Å². The van der Waals surface area contributed by atoms with Crippen molar-refractivity contribution in [2.24, 2.45) is 0 Å². The fraction of sp³-hybridized carbons (Fsp3) is 0.643. The van der Waals surface area contributed by atoms with Crippen molar-refractivity contribution in [2.75, 3.05) is 13.1 Å². The van der Waals surface area contributed by atoms with Crippen molar-refractivity contribution >= 4 is 5.91 Å². The molecule has 0 spiro atoms. The summed E-state index contributed by atoms with van der Waals surface area (Å²) in [5.41, 5.74) is -0.402. The largest absolute Gasteiger partial charge is 0.467 e. The molecule has 2 heterocycles. The summed E-state index contributed by atoms with van der Waals surface area (Å²) >= 11 is 0. The fourth-order valence-electron chi connectivity index (χ4n) is 2.51. The van der Waals surface area contributed by atoms with Gasteiger partial charge in [0.25, 0.3) is 0 Å². The van der Waals surface area contributed by atoms with Crippen LogP contribution in [-0.4, -0.2) is 29.4 Å². The van der Waals surface area contributed by atoms with Crippen LogP contribution < -0.4 is 5.32 Å². The molecule has 1 aromatic heterocycles. The van der Waals surface area contributed by atoms with Gasteiger partial charge in [-0.15, -0.1) is 0 Å². The average molecular weight is 250 g/mol. The number of nitrogens with one attached hydrogen (secondary N) is 1. The molecule has 1 aromatic rings. The van der Waals surface area contributed by atoms with Crippen LogP contribution in [0.3, 0.4) is 0 Å². The summed E-state index contributed by atoms with van der Waals surface area (Å²) in [4.78, 5) is 14.5. The SMILES string of the molecule is CCN(Cc1ccco1)C(=O)C1(C)CCCCN1. The molecular weight excluding hydrogens is 228 g/mol. The van der Waals surface area contributed by atoms with E-state index >= 15 is 0 Å². The van der Waals surface area contributed by atoms with Gasteiger partial charge in [0.05, 0.1) is 18.3 Å². The number of hydrogen-bond donors (Lipinski definition) is 1. The molecule has 4 heteroatoms. The second kappa shape index (κ2) is 5.57. The minimum absolute atomic E-state index is 0.182. The molecule has 0 saturated carbocycles. The number of carbonyl (C=O) groups is 1. The predicted octanol–water partition coefficient (Wildman–Crippen LogP) is 2.16. The van der Waals surface area contributed by atoms with Gasteiger partial charge in [-0.05, 0) is 51.8 Å². The zero-order chi connectivity index (χ0) is 13.0. The number of nitrogens with zero attached hydrogens (tertiary/aromatic N) is 1. The van der Waals surface area contributed by atoms with E-state index < -0.39 is 5.54 Å². The topological polar surface area (TPSA) is 45.5 Å². The van der Waals surface area contributed by atoms with Gasteiger partial charge in [-0.1, -0.05) is 0 Å². The number of furan rings is 1. The van der Waals surface area contributed by atoms with Gasteiger partial charge in [0.15, 0.2) is 0 Å². The van der Waals surface area contributed by atoms with E-state index in [0.29, 0.717) is 13.1 Å². The summed E-state index contributed by atoms with van der Waals surface area (Å²) < 4.78 is 5.32. The summed E-state index contributed by atoms with van der Waals surface area (Å²) in [5.74, 6) is 1.02. The lowest BCUT2D eigenvalue weighted by Gasteiger charge is -2.37. The van der Waals surface area contributed by atoms with Crippen LogP contribution in [0.2, 0.25) is 0 Å². The van der Waals surface area contributed by atoms with Gasteiger partial charge in [0.2, 0.25) is 5.91 Å². The number of rotatable bonds is 4. The maximum atomic E-state index is 12.6. The lowest BCUT2D eigenvalue weighted by Crippen LogP contribution is -2.57. The molecule has 2 rings (SSSR count). The molecule has 100 valence electrons. The van der Waals surface area contributed by atoms with Gasteiger partial charge < -0.3 is 14.6 Å². The monoisotopic (exact) mass is 250 g/mol. The summed E-state index contributed by atoms with van der Waals surface area (Å²) in [6.07, 6.45) is 4.84. The standard InChI is InChI=1S/C14H22N2O2/c1-3-16(11-12-7-6-10-18-12)13(17)14(2)8-4-5-9-15-14/h6-7,10,15H,3-5,8-9,11H2,1-2H3. The van der Waals surface area contributed by atoms with Crippen LogP contribution in [0.1, 0.15) is 38.9 Å². The molecule has 1 unspecified atom stereocenters. The molecule has 4 nitrogen and oxygen atoms in total. The zero-order valence-electron chi connectivity index (χ0n) is 11.2. The van der Waals surface area contributed by atoms with E-state index in [-0.39, 0.29) is 5.91 Å². The van der Waals surface area contributed by atoms with Crippen LogP contribution in [0.5, 0.6) is 0 Å². The first-order chi connectivity index (χ1) is 8.65. The van der Waals surface area contributed by atoms with Crippen LogP contribution in [0.4, 0.5) is 0 Å². The third-order valence-corrected chi connectivity index (χ3v) is 3.69. The molecule has 1 atom stereocenters. The Bertz CT molecular complexity index is 381. The first-order valence-corrected chi connectivity index (χ1v) is 6.72. The highest BCUT2D eigenvalue weighted by atomic mass is 16.3. The van der Waals surface area contributed by atoms with E-state index in [2.05, 4.69) is 5.32 Å². The van der Waals surface area contributed by atoms with E-state index in [1.165, 1.54) is 0 Å². The minimum Gasteiger partial charge on any atom is -0.467 e. The highest BCUT2D eigenvalue weighted by molar-refractivity contribution is 5.86. The third-order valence-electron chi connectivity index (χ3n) is 3.69. The molecule has 1 saturated heterocycles. The Morgan fingerprint density at radius 1 is 1.56 bits per heavy atom.